The Labute approximate surface area is 192 Å². The SMILES string of the molecule is Cc1nc(-c2ccc(Cl)cc2Cl)nc(NCCCCCNc2ccc(C#N)cn2)c1C. The van der Waals surface area contributed by atoms with E-state index in [0.717, 1.165) is 60.8 Å². The summed E-state index contributed by atoms with van der Waals surface area (Å²) >= 11 is 12.3. The molecule has 0 aliphatic carbocycles. The third-order valence-corrected chi connectivity index (χ3v) is 5.45. The van der Waals surface area contributed by atoms with E-state index in [1.807, 2.05) is 26.0 Å². The lowest BCUT2D eigenvalue weighted by molar-refractivity contribution is 0.718. The average Bonchev–Trinajstić information content (AvgIpc) is 2.76. The zero-order valence-electron chi connectivity index (χ0n) is 17.5. The van der Waals surface area contributed by atoms with E-state index >= 15 is 0 Å². The quantitative estimate of drug-likeness (QED) is 0.383. The molecule has 160 valence electrons. The summed E-state index contributed by atoms with van der Waals surface area (Å²) in [7, 11) is 0. The van der Waals surface area contributed by atoms with Crippen molar-refractivity contribution in [2.45, 2.75) is 33.1 Å². The standard InChI is InChI=1S/C23H24Cl2N6/c1-15-16(2)30-23(19-8-7-18(24)12-20(19)25)31-22(15)28-11-5-3-4-10-27-21-9-6-17(13-26)14-29-21/h6-9,12,14H,3-5,10-11H2,1-2H3,(H,27,29)(H,28,30,31). The molecule has 2 heterocycles. The molecular formula is C23H24Cl2N6. The maximum Gasteiger partial charge on any atom is 0.163 e. The number of benzene rings is 1. The zero-order valence-corrected chi connectivity index (χ0v) is 19.1. The molecule has 0 amide bonds. The highest BCUT2D eigenvalue weighted by molar-refractivity contribution is 6.36. The second-order valence-corrected chi connectivity index (χ2v) is 8.03. The number of aromatic nitrogens is 3. The molecule has 0 aliphatic rings. The van der Waals surface area contributed by atoms with Crippen LogP contribution in [0, 0.1) is 25.2 Å². The van der Waals surface area contributed by atoms with Crippen molar-refractivity contribution in [1.82, 2.24) is 15.0 Å². The van der Waals surface area contributed by atoms with Gasteiger partial charge in [0.25, 0.3) is 0 Å². The van der Waals surface area contributed by atoms with Gasteiger partial charge in [0.2, 0.25) is 0 Å². The van der Waals surface area contributed by atoms with Gasteiger partial charge in [-0.3, -0.25) is 0 Å². The number of rotatable bonds is 9. The van der Waals surface area contributed by atoms with Gasteiger partial charge >= 0.3 is 0 Å². The van der Waals surface area contributed by atoms with Crippen LogP contribution in [0.2, 0.25) is 10.0 Å². The summed E-state index contributed by atoms with van der Waals surface area (Å²) in [5, 5.41) is 16.6. The Hall–Kier alpha value is -2.88. The molecule has 0 spiro atoms. The van der Waals surface area contributed by atoms with Gasteiger partial charge in [0.15, 0.2) is 5.82 Å². The van der Waals surface area contributed by atoms with Crippen molar-refractivity contribution in [2.24, 2.45) is 0 Å². The van der Waals surface area contributed by atoms with E-state index < -0.39 is 0 Å². The fourth-order valence-electron chi connectivity index (χ4n) is 3.01. The van der Waals surface area contributed by atoms with Crippen LogP contribution in [0.5, 0.6) is 0 Å². The largest absolute Gasteiger partial charge is 0.370 e. The zero-order chi connectivity index (χ0) is 22.2. The molecule has 2 N–H and O–H groups in total. The Morgan fingerprint density at radius 2 is 1.74 bits per heavy atom. The monoisotopic (exact) mass is 454 g/mol. The Morgan fingerprint density at radius 1 is 0.968 bits per heavy atom. The number of hydrogen-bond donors (Lipinski definition) is 2. The molecular weight excluding hydrogens is 431 g/mol. The smallest absolute Gasteiger partial charge is 0.163 e. The lowest BCUT2D eigenvalue weighted by atomic mass is 10.1. The molecule has 31 heavy (non-hydrogen) atoms. The highest BCUT2D eigenvalue weighted by atomic mass is 35.5. The molecule has 3 rings (SSSR count). The van der Waals surface area contributed by atoms with Crippen molar-refractivity contribution in [3.05, 3.63) is 63.4 Å². The van der Waals surface area contributed by atoms with Gasteiger partial charge in [-0.2, -0.15) is 5.26 Å². The predicted molar refractivity (Wildman–Crippen MR) is 127 cm³/mol. The number of pyridine rings is 1. The van der Waals surface area contributed by atoms with Crippen LogP contribution in [0.3, 0.4) is 0 Å². The molecule has 0 saturated heterocycles. The summed E-state index contributed by atoms with van der Waals surface area (Å²) in [6.07, 6.45) is 4.68. The number of nitrogens with one attached hydrogen (secondary N) is 2. The Bertz CT molecular complexity index is 1080. The first kappa shape index (κ1) is 22.8. The van der Waals surface area contributed by atoms with Gasteiger partial charge in [0, 0.05) is 41.1 Å². The van der Waals surface area contributed by atoms with Gasteiger partial charge in [-0.05, 0) is 63.4 Å². The van der Waals surface area contributed by atoms with Crippen molar-refractivity contribution in [1.29, 1.82) is 5.26 Å². The number of nitrogens with zero attached hydrogens (tertiary/aromatic N) is 4. The van der Waals surface area contributed by atoms with Crippen molar-refractivity contribution in [2.75, 3.05) is 23.7 Å². The molecule has 0 aliphatic heterocycles. The van der Waals surface area contributed by atoms with Gasteiger partial charge in [-0.1, -0.05) is 23.2 Å². The Balaban J connectivity index is 1.48. The Kier molecular flexibility index (Phi) is 8.05. The highest BCUT2D eigenvalue weighted by Gasteiger charge is 2.12. The van der Waals surface area contributed by atoms with E-state index in [2.05, 4.69) is 31.7 Å². The fourth-order valence-corrected chi connectivity index (χ4v) is 3.50. The summed E-state index contributed by atoms with van der Waals surface area (Å²) in [6, 6.07) is 11.0. The highest BCUT2D eigenvalue weighted by Crippen LogP contribution is 2.30. The first-order chi connectivity index (χ1) is 15.0. The van der Waals surface area contributed by atoms with Gasteiger partial charge in [-0.25, -0.2) is 15.0 Å². The van der Waals surface area contributed by atoms with Crippen molar-refractivity contribution in [3.8, 4) is 17.5 Å². The average molecular weight is 455 g/mol. The van der Waals surface area contributed by atoms with Gasteiger partial charge < -0.3 is 10.6 Å². The van der Waals surface area contributed by atoms with Crippen molar-refractivity contribution < 1.29 is 0 Å². The molecule has 8 heteroatoms. The lowest BCUT2D eigenvalue weighted by Crippen LogP contribution is -2.09. The van der Waals surface area contributed by atoms with Gasteiger partial charge in [0.1, 0.15) is 17.7 Å². The lowest BCUT2D eigenvalue weighted by Gasteiger charge is -2.13. The summed E-state index contributed by atoms with van der Waals surface area (Å²) in [5.41, 5.74) is 3.27. The third kappa shape index (κ3) is 6.30. The topological polar surface area (TPSA) is 86.5 Å². The molecule has 0 bridgehead atoms. The minimum absolute atomic E-state index is 0.533. The molecule has 6 nitrogen and oxygen atoms in total. The second kappa shape index (κ2) is 10.9. The van der Waals surface area contributed by atoms with Crippen LogP contribution in [0.15, 0.2) is 36.5 Å². The molecule has 0 unspecified atom stereocenters. The first-order valence-corrected chi connectivity index (χ1v) is 10.9. The first-order valence-electron chi connectivity index (χ1n) is 10.1. The summed E-state index contributed by atoms with van der Waals surface area (Å²) in [5.74, 6) is 2.21. The number of halogens is 2. The summed E-state index contributed by atoms with van der Waals surface area (Å²) < 4.78 is 0. The van der Waals surface area contributed by atoms with Crippen LogP contribution >= 0.6 is 23.2 Å². The van der Waals surface area contributed by atoms with Crippen LogP contribution < -0.4 is 10.6 Å². The molecule has 0 saturated carbocycles. The molecule has 0 fully saturated rings. The second-order valence-electron chi connectivity index (χ2n) is 7.19. The summed E-state index contributed by atoms with van der Waals surface area (Å²) in [4.78, 5) is 13.5. The minimum Gasteiger partial charge on any atom is -0.370 e. The number of hydrogen-bond acceptors (Lipinski definition) is 6. The molecule has 0 atom stereocenters. The number of anilines is 2. The van der Waals surface area contributed by atoms with Crippen LogP contribution in [0.1, 0.15) is 36.1 Å². The van der Waals surface area contributed by atoms with E-state index in [4.69, 9.17) is 28.5 Å². The van der Waals surface area contributed by atoms with E-state index in [-0.39, 0.29) is 0 Å². The van der Waals surface area contributed by atoms with Crippen LogP contribution in [-0.2, 0) is 0 Å². The van der Waals surface area contributed by atoms with Gasteiger partial charge in [0.05, 0.1) is 10.6 Å². The Morgan fingerprint density at radius 3 is 2.42 bits per heavy atom. The van der Waals surface area contributed by atoms with Gasteiger partial charge in [-0.15, -0.1) is 0 Å². The van der Waals surface area contributed by atoms with Crippen LogP contribution in [0.4, 0.5) is 11.6 Å². The maximum absolute atomic E-state index is 8.80. The normalized spacial score (nSPS) is 10.5. The molecule has 1 aromatic carbocycles. The van der Waals surface area contributed by atoms with Crippen molar-refractivity contribution >= 4 is 34.8 Å². The van der Waals surface area contributed by atoms with Crippen molar-refractivity contribution in [3.63, 3.8) is 0 Å². The van der Waals surface area contributed by atoms with Crippen LogP contribution in [0.25, 0.3) is 11.4 Å². The predicted octanol–water partition coefficient (Wildman–Crippen LogP) is 6.03. The maximum atomic E-state index is 8.80. The number of unbranched alkanes of at least 4 members (excludes halogenated alkanes) is 2. The fraction of sp³-hybridized carbons (Fsp3) is 0.304. The minimum atomic E-state index is 0.533. The molecule has 2 aromatic heterocycles. The van der Waals surface area contributed by atoms with E-state index in [9.17, 15) is 0 Å². The van der Waals surface area contributed by atoms with E-state index in [0.29, 0.717) is 21.4 Å². The third-order valence-electron chi connectivity index (χ3n) is 4.91. The number of aryl methyl sites for hydroxylation is 1. The number of nitriles is 1. The summed E-state index contributed by atoms with van der Waals surface area (Å²) in [6.45, 7) is 5.64. The molecule has 3 aromatic rings. The van der Waals surface area contributed by atoms with E-state index in [1.54, 1.807) is 24.4 Å². The van der Waals surface area contributed by atoms with Crippen LogP contribution in [-0.4, -0.2) is 28.0 Å². The molecule has 0 radical (unpaired) electrons. The van der Waals surface area contributed by atoms with E-state index in [1.165, 1.54) is 0 Å².